The first-order valence-electron chi connectivity index (χ1n) is 11.7. The minimum atomic E-state index is 0.127. The Hall–Kier alpha value is -2.20. The number of piperidine rings is 1. The molecule has 4 heteroatoms. The average Bonchev–Trinajstić information content (AvgIpc) is 2.75. The van der Waals surface area contributed by atoms with E-state index in [1.807, 2.05) is 36.4 Å². The normalized spacial score (nSPS) is 17.5. The van der Waals surface area contributed by atoms with Gasteiger partial charge < -0.3 is 14.6 Å². The lowest BCUT2D eigenvalue weighted by molar-refractivity contribution is 0.0754. The third kappa shape index (κ3) is 6.90. The fraction of sp³-hybridized carbons (Fsp3) is 0.556. The fourth-order valence-corrected chi connectivity index (χ4v) is 4.51. The Morgan fingerprint density at radius 2 is 1.81 bits per heavy atom. The molecule has 0 aliphatic carbocycles. The van der Waals surface area contributed by atoms with Gasteiger partial charge in [-0.3, -0.25) is 4.90 Å². The second kappa shape index (κ2) is 10.9. The van der Waals surface area contributed by atoms with Gasteiger partial charge in [-0.1, -0.05) is 31.0 Å². The van der Waals surface area contributed by atoms with Gasteiger partial charge in [0, 0.05) is 23.7 Å². The van der Waals surface area contributed by atoms with Crippen LogP contribution in [0.4, 0.5) is 0 Å². The van der Waals surface area contributed by atoms with Crippen LogP contribution in [0.5, 0.6) is 23.0 Å². The molecule has 1 heterocycles. The Bertz CT molecular complexity index is 813. The van der Waals surface area contributed by atoms with Crippen molar-refractivity contribution in [2.45, 2.75) is 71.3 Å². The van der Waals surface area contributed by atoms with Crippen LogP contribution < -0.4 is 9.47 Å². The van der Waals surface area contributed by atoms with Gasteiger partial charge in [-0.25, -0.2) is 0 Å². The number of likely N-dealkylation sites (tertiary alicyclic amines) is 1. The fourth-order valence-electron chi connectivity index (χ4n) is 4.51. The van der Waals surface area contributed by atoms with Crippen molar-refractivity contribution in [2.75, 3.05) is 20.2 Å². The molecule has 0 bridgehead atoms. The van der Waals surface area contributed by atoms with Gasteiger partial charge in [0.2, 0.25) is 0 Å². The van der Waals surface area contributed by atoms with E-state index in [9.17, 15) is 5.11 Å². The number of phenolic OH excluding ortho intramolecular Hbond substituents is 1. The highest BCUT2D eigenvalue weighted by Gasteiger charge is 2.27. The molecule has 1 atom stereocenters. The highest BCUT2D eigenvalue weighted by atomic mass is 16.5. The summed E-state index contributed by atoms with van der Waals surface area (Å²) in [6.07, 6.45) is 8.39. The van der Waals surface area contributed by atoms with E-state index in [1.54, 1.807) is 13.2 Å². The van der Waals surface area contributed by atoms with Crippen molar-refractivity contribution in [3.63, 3.8) is 0 Å². The molecule has 0 spiro atoms. The Balaban J connectivity index is 1.53. The molecule has 0 unspecified atom stereocenters. The molecular weight excluding hydrogens is 386 g/mol. The first-order chi connectivity index (χ1) is 14.9. The van der Waals surface area contributed by atoms with Crippen LogP contribution in [0.2, 0.25) is 0 Å². The third-order valence-electron chi connectivity index (χ3n) is 6.34. The van der Waals surface area contributed by atoms with Crippen LogP contribution in [0.1, 0.15) is 64.9 Å². The number of hydrogen-bond acceptors (Lipinski definition) is 4. The average molecular weight is 426 g/mol. The summed E-state index contributed by atoms with van der Waals surface area (Å²) in [4.78, 5) is 2.65. The number of para-hydroxylation sites is 1. The number of phenols is 1. The maximum atomic E-state index is 10.5. The Labute approximate surface area is 188 Å². The molecule has 1 saturated heterocycles. The predicted octanol–water partition coefficient (Wildman–Crippen LogP) is 6.81. The van der Waals surface area contributed by atoms with Crippen molar-refractivity contribution in [1.29, 1.82) is 0 Å². The first-order valence-corrected chi connectivity index (χ1v) is 11.7. The van der Waals surface area contributed by atoms with Gasteiger partial charge in [0.25, 0.3) is 0 Å². The summed E-state index contributed by atoms with van der Waals surface area (Å²) in [6, 6.07) is 13.2. The van der Waals surface area contributed by atoms with E-state index in [0.717, 1.165) is 30.1 Å². The summed E-state index contributed by atoms with van der Waals surface area (Å²) in [5, 5.41) is 10.5. The van der Waals surface area contributed by atoms with Gasteiger partial charge in [0.05, 0.1) is 7.11 Å². The molecule has 31 heavy (non-hydrogen) atoms. The molecule has 4 nitrogen and oxygen atoms in total. The van der Waals surface area contributed by atoms with E-state index in [0.29, 0.717) is 11.5 Å². The first kappa shape index (κ1) is 23.5. The lowest BCUT2D eigenvalue weighted by Gasteiger charge is -2.41. The minimum absolute atomic E-state index is 0.127. The van der Waals surface area contributed by atoms with E-state index in [1.165, 1.54) is 45.2 Å². The van der Waals surface area contributed by atoms with Crippen molar-refractivity contribution >= 4 is 0 Å². The topological polar surface area (TPSA) is 41.9 Å². The largest absolute Gasteiger partial charge is 0.504 e. The van der Waals surface area contributed by atoms with E-state index in [4.69, 9.17) is 9.47 Å². The molecule has 0 saturated carbocycles. The van der Waals surface area contributed by atoms with E-state index >= 15 is 0 Å². The number of nitrogens with zero attached hydrogens (tertiary/aromatic N) is 1. The molecule has 170 valence electrons. The summed E-state index contributed by atoms with van der Waals surface area (Å²) in [6.45, 7) is 9.46. The van der Waals surface area contributed by atoms with Crippen LogP contribution in [-0.2, 0) is 6.42 Å². The Morgan fingerprint density at radius 3 is 2.52 bits per heavy atom. The van der Waals surface area contributed by atoms with Crippen molar-refractivity contribution in [2.24, 2.45) is 5.92 Å². The maximum absolute atomic E-state index is 10.5. The van der Waals surface area contributed by atoms with Crippen LogP contribution in [-0.4, -0.2) is 35.7 Å². The van der Waals surface area contributed by atoms with Gasteiger partial charge in [-0.15, -0.1) is 0 Å². The van der Waals surface area contributed by atoms with Gasteiger partial charge >= 0.3 is 0 Å². The van der Waals surface area contributed by atoms with Crippen LogP contribution in [0.3, 0.4) is 0 Å². The number of aromatic hydroxyl groups is 1. The predicted molar refractivity (Wildman–Crippen MR) is 127 cm³/mol. The van der Waals surface area contributed by atoms with Crippen molar-refractivity contribution in [1.82, 2.24) is 4.90 Å². The standard InChI is InChI=1S/C27H39NO3/c1-27(2,3)28-17-11-13-21(20-28)12-7-5-8-14-22-18-24(30-4)19-25(29)26(22)31-23-15-9-6-10-16-23/h6,9-10,15-16,18-19,21,29H,5,7-8,11-14,17,20H2,1-4H3/t21-/m1/s1. The van der Waals surface area contributed by atoms with E-state index in [2.05, 4.69) is 25.7 Å². The zero-order chi connectivity index (χ0) is 22.3. The summed E-state index contributed by atoms with van der Waals surface area (Å²) >= 11 is 0. The Morgan fingerprint density at radius 1 is 1.03 bits per heavy atom. The molecule has 1 aliphatic rings. The summed E-state index contributed by atoms with van der Waals surface area (Å²) in [5.74, 6) is 2.89. The van der Waals surface area contributed by atoms with Crippen molar-refractivity contribution < 1.29 is 14.6 Å². The number of unbranched alkanes of at least 4 members (excludes halogenated alkanes) is 2. The van der Waals surface area contributed by atoms with Crippen LogP contribution in [0, 0.1) is 5.92 Å². The quantitative estimate of drug-likeness (QED) is 0.448. The smallest absolute Gasteiger partial charge is 0.172 e. The summed E-state index contributed by atoms with van der Waals surface area (Å²) in [7, 11) is 1.63. The van der Waals surface area contributed by atoms with Gasteiger partial charge in [-0.2, -0.15) is 0 Å². The number of methoxy groups -OCH3 is 1. The zero-order valence-corrected chi connectivity index (χ0v) is 19.7. The number of aryl methyl sites for hydroxylation is 1. The molecule has 2 aromatic carbocycles. The molecule has 1 N–H and O–H groups in total. The van der Waals surface area contributed by atoms with Crippen molar-refractivity contribution in [3.05, 3.63) is 48.0 Å². The maximum Gasteiger partial charge on any atom is 0.172 e. The highest BCUT2D eigenvalue weighted by molar-refractivity contribution is 5.52. The molecule has 2 aromatic rings. The molecular formula is C27H39NO3. The zero-order valence-electron chi connectivity index (χ0n) is 19.7. The van der Waals surface area contributed by atoms with Gasteiger partial charge in [0.1, 0.15) is 11.5 Å². The third-order valence-corrected chi connectivity index (χ3v) is 6.34. The number of ether oxygens (including phenoxy) is 2. The molecule has 3 rings (SSSR count). The molecule has 1 fully saturated rings. The second-order valence-electron chi connectivity index (χ2n) is 9.77. The molecule has 0 radical (unpaired) electrons. The van der Waals surface area contributed by atoms with Gasteiger partial charge in [-0.05, 0) is 83.5 Å². The van der Waals surface area contributed by atoms with Crippen LogP contribution in [0.25, 0.3) is 0 Å². The number of hydrogen-bond donors (Lipinski definition) is 1. The highest BCUT2D eigenvalue weighted by Crippen LogP contribution is 2.38. The number of rotatable bonds is 9. The molecule has 0 aromatic heterocycles. The Kier molecular flexibility index (Phi) is 8.25. The number of benzene rings is 2. The minimum Gasteiger partial charge on any atom is -0.504 e. The monoisotopic (exact) mass is 425 g/mol. The summed E-state index contributed by atoms with van der Waals surface area (Å²) in [5.41, 5.74) is 1.28. The molecule has 1 aliphatic heterocycles. The lowest BCUT2D eigenvalue weighted by Crippen LogP contribution is -2.47. The van der Waals surface area contributed by atoms with E-state index in [-0.39, 0.29) is 11.3 Å². The van der Waals surface area contributed by atoms with Gasteiger partial charge in [0.15, 0.2) is 11.5 Å². The van der Waals surface area contributed by atoms with E-state index < -0.39 is 0 Å². The molecule has 0 amide bonds. The van der Waals surface area contributed by atoms with Crippen molar-refractivity contribution in [3.8, 4) is 23.0 Å². The lowest BCUT2D eigenvalue weighted by atomic mass is 9.89. The second-order valence-corrected chi connectivity index (χ2v) is 9.77. The van der Waals surface area contributed by atoms with Crippen LogP contribution >= 0.6 is 0 Å². The SMILES string of the molecule is COc1cc(O)c(Oc2ccccc2)c(CCCCC[C@@H]2CCCN(C(C)(C)C)C2)c1. The summed E-state index contributed by atoms with van der Waals surface area (Å²) < 4.78 is 11.4. The van der Waals surface area contributed by atoms with Crippen LogP contribution in [0.15, 0.2) is 42.5 Å².